The number of hydrogen-bond acceptors (Lipinski definition) is 6. The molecule has 0 aliphatic carbocycles. The SMILES string of the molecule is C[C@H]1CCCOC2NC(CCC2c2cnc[nH]2)N2C(=O)NC3NCCC(O1)C32. The number of piperidine rings is 2. The minimum atomic E-state index is -0.142. The number of amides is 2. The molecule has 4 aliphatic rings. The lowest BCUT2D eigenvalue weighted by Gasteiger charge is -2.46. The minimum absolute atomic E-state index is 0.00928. The Hall–Kier alpha value is -1.68. The van der Waals surface area contributed by atoms with Crippen LogP contribution >= 0.6 is 0 Å². The van der Waals surface area contributed by atoms with Gasteiger partial charge in [0.15, 0.2) is 0 Å². The maximum absolute atomic E-state index is 12.9. The van der Waals surface area contributed by atoms with Crippen LogP contribution in [0.15, 0.2) is 12.5 Å². The fraction of sp³-hybridized carbons (Fsp3) is 0.789. The van der Waals surface area contributed by atoms with Crippen molar-refractivity contribution in [1.82, 2.24) is 30.8 Å². The maximum Gasteiger partial charge on any atom is 0.320 e. The van der Waals surface area contributed by atoms with Gasteiger partial charge in [0, 0.05) is 24.4 Å². The Morgan fingerprint density at radius 1 is 1.25 bits per heavy atom. The van der Waals surface area contributed by atoms with Crippen LogP contribution in [-0.4, -0.2) is 70.9 Å². The fourth-order valence-corrected chi connectivity index (χ4v) is 5.20. The number of nitrogens with zero attached hydrogens (tertiary/aromatic N) is 2. The normalized spacial score (nSPS) is 41.5. The molecule has 4 aliphatic heterocycles. The number of urea groups is 1. The van der Waals surface area contributed by atoms with E-state index in [1.165, 1.54) is 0 Å². The molecule has 4 N–H and O–H groups in total. The number of aromatic nitrogens is 2. The van der Waals surface area contributed by atoms with E-state index in [1.54, 1.807) is 6.33 Å². The zero-order chi connectivity index (χ0) is 19.1. The summed E-state index contributed by atoms with van der Waals surface area (Å²) in [5.41, 5.74) is 1.08. The first kappa shape index (κ1) is 18.4. The number of nitrogens with one attached hydrogen (secondary N) is 4. The van der Waals surface area contributed by atoms with E-state index in [1.807, 2.05) is 11.1 Å². The Labute approximate surface area is 164 Å². The smallest absolute Gasteiger partial charge is 0.320 e. The van der Waals surface area contributed by atoms with E-state index in [9.17, 15) is 4.79 Å². The fourth-order valence-electron chi connectivity index (χ4n) is 5.20. The largest absolute Gasteiger partial charge is 0.373 e. The highest BCUT2D eigenvalue weighted by molar-refractivity contribution is 5.78. The predicted octanol–water partition coefficient (Wildman–Crippen LogP) is 0.826. The van der Waals surface area contributed by atoms with E-state index in [0.717, 1.165) is 44.3 Å². The number of hydrogen-bond donors (Lipinski definition) is 4. The summed E-state index contributed by atoms with van der Waals surface area (Å²) in [5.74, 6) is 0.206. The van der Waals surface area contributed by atoms with Gasteiger partial charge in [-0.15, -0.1) is 0 Å². The van der Waals surface area contributed by atoms with E-state index in [-0.39, 0.29) is 48.8 Å². The molecule has 4 fully saturated rings. The molecule has 28 heavy (non-hydrogen) atoms. The van der Waals surface area contributed by atoms with E-state index >= 15 is 0 Å². The van der Waals surface area contributed by atoms with Crippen molar-refractivity contribution in [3.63, 3.8) is 0 Å². The molecule has 0 saturated carbocycles. The molecular weight excluding hydrogens is 360 g/mol. The molecule has 5 heterocycles. The lowest BCUT2D eigenvalue weighted by Crippen LogP contribution is -2.64. The Morgan fingerprint density at radius 3 is 3.04 bits per heavy atom. The zero-order valence-corrected chi connectivity index (χ0v) is 16.3. The molecule has 2 bridgehead atoms. The lowest BCUT2D eigenvalue weighted by molar-refractivity contribution is -0.0970. The Balaban J connectivity index is 1.43. The number of imidazole rings is 1. The van der Waals surface area contributed by atoms with Crippen LogP contribution in [0.5, 0.6) is 0 Å². The molecule has 6 unspecified atom stereocenters. The summed E-state index contributed by atoms with van der Waals surface area (Å²) in [6.45, 7) is 3.66. The first-order valence-corrected chi connectivity index (χ1v) is 10.5. The minimum Gasteiger partial charge on any atom is -0.373 e. The van der Waals surface area contributed by atoms with Crippen molar-refractivity contribution in [2.24, 2.45) is 0 Å². The quantitative estimate of drug-likeness (QED) is 0.566. The van der Waals surface area contributed by atoms with Crippen molar-refractivity contribution in [1.29, 1.82) is 0 Å². The van der Waals surface area contributed by atoms with Crippen LogP contribution in [0.4, 0.5) is 4.79 Å². The van der Waals surface area contributed by atoms with Gasteiger partial charge in [0.05, 0.1) is 30.7 Å². The second-order valence-electron chi connectivity index (χ2n) is 8.36. The number of fused-ring (bicyclic) bond motifs is 3. The highest BCUT2D eigenvalue weighted by atomic mass is 16.5. The molecule has 9 nitrogen and oxygen atoms in total. The van der Waals surface area contributed by atoms with Gasteiger partial charge in [0.1, 0.15) is 12.4 Å². The molecular formula is C19H30N6O3. The van der Waals surface area contributed by atoms with Crippen LogP contribution in [0.1, 0.15) is 50.6 Å². The number of rotatable bonds is 1. The summed E-state index contributed by atoms with van der Waals surface area (Å²) in [4.78, 5) is 22.3. The molecule has 7 atom stereocenters. The van der Waals surface area contributed by atoms with Gasteiger partial charge in [-0.2, -0.15) is 0 Å². The average Bonchev–Trinajstić information content (AvgIpc) is 3.32. The maximum atomic E-state index is 12.9. The highest BCUT2D eigenvalue weighted by Crippen LogP contribution is 2.34. The Kier molecular flexibility index (Phi) is 5.00. The molecule has 154 valence electrons. The van der Waals surface area contributed by atoms with Crippen LogP contribution < -0.4 is 16.0 Å². The van der Waals surface area contributed by atoms with E-state index in [2.05, 4.69) is 32.8 Å². The van der Waals surface area contributed by atoms with Gasteiger partial charge in [-0.1, -0.05) is 0 Å². The van der Waals surface area contributed by atoms with Crippen molar-refractivity contribution in [3.8, 4) is 0 Å². The molecule has 4 saturated heterocycles. The van der Waals surface area contributed by atoms with Crippen molar-refractivity contribution in [3.05, 3.63) is 18.2 Å². The van der Waals surface area contributed by atoms with E-state index in [0.29, 0.717) is 6.61 Å². The predicted molar refractivity (Wildman–Crippen MR) is 101 cm³/mol. The molecule has 1 aromatic rings. The number of aromatic amines is 1. The van der Waals surface area contributed by atoms with Crippen LogP contribution in [0, 0.1) is 0 Å². The van der Waals surface area contributed by atoms with Crippen molar-refractivity contribution >= 4 is 6.03 Å². The van der Waals surface area contributed by atoms with Gasteiger partial charge in [-0.25, -0.2) is 9.78 Å². The third-order valence-electron chi connectivity index (χ3n) is 6.54. The summed E-state index contributed by atoms with van der Waals surface area (Å²) in [5, 5.41) is 10.2. The monoisotopic (exact) mass is 390 g/mol. The standard InChI is InChI=1S/C19H30N6O3/c1-11-3-2-8-27-18-12(13-9-20-10-22-13)4-5-15(23-18)25-16-14(28-11)6-7-21-17(16)24-19(25)26/h9-12,14-18,21,23H,2-8H2,1H3,(H,20,22)(H,24,26)/t11-,12?,14?,15?,16?,17?,18?/m0/s1. The van der Waals surface area contributed by atoms with Crippen LogP contribution in [-0.2, 0) is 9.47 Å². The molecule has 2 amide bonds. The van der Waals surface area contributed by atoms with Gasteiger partial charge in [-0.05, 0) is 45.6 Å². The second kappa shape index (κ2) is 7.62. The number of carbonyl (C=O) groups is 1. The van der Waals surface area contributed by atoms with E-state index < -0.39 is 0 Å². The Bertz CT molecular complexity index is 685. The zero-order valence-electron chi connectivity index (χ0n) is 16.3. The molecule has 5 rings (SSSR count). The van der Waals surface area contributed by atoms with Gasteiger partial charge in [0.2, 0.25) is 0 Å². The van der Waals surface area contributed by atoms with Crippen LogP contribution in [0.2, 0.25) is 0 Å². The summed E-state index contributed by atoms with van der Waals surface area (Å²) < 4.78 is 12.7. The lowest BCUT2D eigenvalue weighted by atomic mass is 9.91. The third-order valence-corrected chi connectivity index (χ3v) is 6.54. The number of ether oxygens (including phenoxy) is 2. The molecule has 0 spiro atoms. The van der Waals surface area contributed by atoms with Crippen LogP contribution in [0.25, 0.3) is 0 Å². The van der Waals surface area contributed by atoms with Gasteiger partial charge in [0.25, 0.3) is 0 Å². The number of H-pyrrole nitrogens is 1. The highest BCUT2D eigenvalue weighted by Gasteiger charge is 2.51. The number of carbonyl (C=O) groups excluding carboxylic acids is 1. The molecule has 0 aromatic carbocycles. The average molecular weight is 390 g/mol. The van der Waals surface area contributed by atoms with Crippen LogP contribution in [0.3, 0.4) is 0 Å². The first-order chi connectivity index (χ1) is 13.7. The first-order valence-electron chi connectivity index (χ1n) is 10.5. The van der Waals surface area contributed by atoms with Crippen molar-refractivity contribution < 1.29 is 14.3 Å². The van der Waals surface area contributed by atoms with Crippen molar-refractivity contribution in [2.45, 2.75) is 81.8 Å². The summed E-state index contributed by atoms with van der Waals surface area (Å²) in [6.07, 6.45) is 8.14. The third kappa shape index (κ3) is 3.30. The molecule has 1 aromatic heterocycles. The summed E-state index contributed by atoms with van der Waals surface area (Å²) in [6, 6.07) is -0.0380. The summed E-state index contributed by atoms with van der Waals surface area (Å²) in [7, 11) is 0. The molecule has 9 heteroatoms. The van der Waals surface area contributed by atoms with Crippen molar-refractivity contribution in [2.75, 3.05) is 13.2 Å². The van der Waals surface area contributed by atoms with Gasteiger partial charge in [-0.3, -0.25) is 10.6 Å². The van der Waals surface area contributed by atoms with Gasteiger partial charge < -0.3 is 24.7 Å². The molecule has 0 radical (unpaired) electrons. The van der Waals surface area contributed by atoms with Gasteiger partial charge >= 0.3 is 6.03 Å². The van der Waals surface area contributed by atoms with E-state index in [4.69, 9.17) is 9.47 Å². The summed E-state index contributed by atoms with van der Waals surface area (Å²) >= 11 is 0. The topological polar surface area (TPSA) is 104 Å². The Morgan fingerprint density at radius 2 is 2.18 bits per heavy atom. The second-order valence-corrected chi connectivity index (χ2v) is 8.36.